The van der Waals surface area contributed by atoms with Crippen LogP contribution in [0.25, 0.3) is 0 Å². The van der Waals surface area contributed by atoms with Gasteiger partial charge < -0.3 is 0 Å². The minimum atomic E-state index is 0.404. The Morgan fingerprint density at radius 3 is 2.56 bits per heavy atom. The van der Waals surface area contributed by atoms with Crippen molar-refractivity contribution in [2.24, 2.45) is 5.92 Å². The lowest BCUT2D eigenvalue weighted by molar-refractivity contribution is -0.123. The van der Waals surface area contributed by atoms with E-state index in [-0.39, 0.29) is 0 Å². The average molecular weight is 266 g/mol. The molecule has 0 amide bonds. The van der Waals surface area contributed by atoms with E-state index in [1.165, 1.54) is 44.9 Å². The highest BCUT2D eigenvalue weighted by Crippen LogP contribution is 2.44. The third-order valence-electron chi connectivity index (χ3n) is 4.32. The molecule has 2 atom stereocenters. The molecule has 2 bridgehead atoms. The van der Waals surface area contributed by atoms with E-state index >= 15 is 0 Å². The third kappa shape index (κ3) is 4.15. The van der Waals surface area contributed by atoms with Gasteiger partial charge in [-0.2, -0.15) is 11.8 Å². The molecule has 102 valence electrons. The van der Waals surface area contributed by atoms with Crippen LogP contribution < -0.4 is 0 Å². The molecule has 0 aromatic rings. The molecule has 0 aromatic heterocycles. The molecule has 2 fully saturated rings. The van der Waals surface area contributed by atoms with Crippen LogP contribution in [0.5, 0.6) is 0 Å². The van der Waals surface area contributed by atoms with Crippen molar-refractivity contribution in [1.29, 1.82) is 0 Å². The van der Waals surface area contributed by atoms with Crippen molar-refractivity contribution in [1.82, 2.24) is 0 Å². The van der Waals surface area contributed by atoms with Gasteiger partial charge in [-0.3, -0.25) is 4.79 Å². The van der Waals surface area contributed by atoms with Gasteiger partial charge in [0.15, 0.2) is 0 Å². The number of carbonyl (C=O) groups is 1. The predicted octanol–water partition coefficient (Wildman–Crippen LogP) is 4.76. The second-order valence-corrected chi connectivity index (χ2v) is 7.44. The van der Waals surface area contributed by atoms with Gasteiger partial charge >= 0.3 is 0 Å². The lowest BCUT2D eigenvalue weighted by Crippen LogP contribution is -2.32. The average Bonchev–Trinajstić information content (AvgIpc) is 2.38. The molecule has 1 nitrogen and oxygen atoms in total. The van der Waals surface area contributed by atoms with Crippen molar-refractivity contribution in [3.05, 3.63) is 12.7 Å². The predicted molar refractivity (Wildman–Crippen MR) is 80.0 cm³/mol. The van der Waals surface area contributed by atoms with Crippen LogP contribution >= 0.6 is 11.8 Å². The summed E-state index contributed by atoms with van der Waals surface area (Å²) in [4.78, 5) is 12.2. The van der Waals surface area contributed by atoms with E-state index in [0.717, 1.165) is 29.8 Å². The summed E-state index contributed by atoms with van der Waals surface area (Å²) < 4.78 is 0. The highest BCUT2D eigenvalue weighted by Gasteiger charge is 2.34. The van der Waals surface area contributed by atoms with Gasteiger partial charge in [-0.25, -0.2) is 0 Å². The third-order valence-corrected chi connectivity index (χ3v) is 5.94. The number of Topliss-reactive ketones (excluding diaryl/α,β-unsaturated/α-hetero) is 1. The Morgan fingerprint density at radius 2 is 1.89 bits per heavy atom. The van der Waals surface area contributed by atoms with Crippen molar-refractivity contribution in [3.8, 4) is 0 Å². The maximum absolute atomic E-state index is 12.2. The smallest absolute Gasteiger partial charge is 0.136 e. The number of hydrogen-bond acceptors (Lipinski definition) is 2. The van der Waals surface area contributed by atoms with Crippen molar-refractivity contribution < 1.29 is 4.79 Å². The lowest BCUT2D eigenvalue weighted by atomic mass is 9.85. The highest BCUT2D eigenvalue weighted by molar-refractivity contribution is 8.00. The first-order valence-electron chi connectivity index (χ1n) is 7.58. The SMILES string of the molecule is C=CCCCCCC(=O)C1CC2CCCC(C1)S2. The first kappa shape index (κ1) is 14.2. The Kier molecular flexibility index (Phi) is 5.81. The van der Waals surface area contributed by atoms with Crippen LogP contribution in [-0.4, -0.2) is 16.3 Å². The van der Waals surface area contributed by atoms with Crippen molar-refractivity contribution >= 4 is 17.5 Å². The van der Waals surface area contributed by atoms with Gasteiger partial charge in [0.1, 0.15) is 5.78 Å². The fraction of sp³-hybridized carbons (Fsp3) is 0.812. The topological polar surface area (TPSA) is 17.1 Å². The number of allylic oxidation sites excluding steroid dienone is 1. The van der Waals surface area contributed by atoms with E-state index in [1.54, 1.807) is 0 Å². The van der Waals surface area contributed by atoms with E-state index in [0.29, 0.717) is 11.7 Å². The molecule has 0 aromatic carbocycles. The van der Waals surface area contributed by atoms with Crippen LogP contribution in [0, 0.1) is 5.92 Å². The van der Waals surface area contributed by atoms with Crippen molar-refractivity contribution in [3.63, 3.8) is 0 Å². The van der Waals surface area contributed by atoms with Crippen LogP contribution in [-0.2, 0) is 4.79 Å². The molecule has 18 heavy (non-hydrogen) atoms. The molecule has 0 radical (unpaired) electrons. The molecule has 2 unspecified atom stereocenters. The fourth-order valence-electron chi connectivity index (χ4n) is 3.29. The van der Waals surface area contributed by atoms with Gasteiger partial charge in [-0.15, -0.1) is 6.58 Å². The number of unbranched alkanes of at least 4 members (excludes halogenated alkanes) is 3. The quantitative estimate of drug-likeness (QED) is 0.488. The number of rotatable bonds is 7. The Hall–Kier alpha value is -0.240. The van der Waals surface area contributed by atoms with E-state index in [1.807, 2.05) is 6.08 Å². The Labute approximate surface area is 116 Å². The summed E-state index contributed by atoms with van der Waals surface area (Å²) in [7, 11) is 0. The monoisotopic (exact) mass is 266 g/mol. The van der Waals surface area contributed by atoms with Gasteiger partial charge in [0, 0.05) is 22.8 Å². The van der Waals surface area contributed by atoms with Gasteiger partial charge in [0.25, 0.3) is 0 Å². The maximum atomic E-state index is 12.2. The maximum Gasteiger partial charge on any atom is 0.136 e. The summed E-state index contributed by atoms with van der Waals surface area (Å²) in [5, 5.41) is 1.60. The number of thioether (sulfide) groups is 1. The van der Waals surface area contributed by atoms with Gasteiger partial charge in [0.2, 0.25) is 0 Å². The molecule has 0 aliphatic carbocycles. The van der Waals surface area contributed by atoms with E-state index in [2.05, 4.69) is 18.3 Å². The Bertz CT molecular complexity index is 275. The Balaban J connectivity index is 1.67. The van der Waals surface area contributed by atoms with Crippen molar-refractivity contribution in [2.45, 2.75) is 74.7 Å². The molecule has 2 heteroatoms. The molecule has 2 aliphatic heterocycles. The first-order chi connectivity index (χ1) is 8.79. The van der Waals surface area contributed by atoms with Crippen LogP contribution in [0.1, 0.15) is 64.2 Å². The fourth-order valence-corrected chi connectivity index (χ4v) is 5.13. The minimum Gasteiger partial charge on any atom is -0.299 e. The molecule has 2 heterocycles. The van der Waals surface area contributed by atoms with E-state index < -0.39 is 0 Å². The van der Waals surface area contributed by atoms with E-state index in [4.69, 9.17) is 0 Å². The van der Waals surface area contributed by atoms with Crippen LogP contribution in [0.15, 0.2) is 12.7 Å². The number of fused-ring (bicyclic) bond motifs is 2. The highest BCUT2D eigenvalue weighted by atomic mass is 32.2. The van der Waals surface area contributed by atoms with Crippen LogP contribution in [0.2, 0.25) is 0 Å². The zero-order valence-corrected chi connectivity index (χ0v) is 12.2. The second-order valence-electron chi connectivity index (χ2n) is 5.83. The standard InChI is InChI=1S/C16H26OS/c1-2-3-4-5-6-10-16(17)13-11-14-8-7-9-15(12-13)18-14/h2,13-15H,1,3-12H2. The summed E-state index contributed by atoms with van der Waals surface area (Å²) in [6.07, 6.45) is 13.8. The number of hydrogen-bond donors (Lipinski definition) is 0. The normalized spacial score (nSPS) is 31.0. The molecular formula is C16H26OS. The second kappa shape index (κ2) is 7.37. The van der Waals surface area contributed by atoms with Gasteiger partial charge in [0.05, 0.1) is 0 Å². The zero-order chi connectivity index (χ0) is 12.8. The van der Waals surface area contributed by atoms with E-state index in [9.17, 15) is 4.79 Å². The summed E-state index contributed by atoms with van der Waals surface area (Å²) >= 11 is 2.17. The number of ketones is 1. The molecule has 0 saturated carbocycles. The summed E-state index contributed by atoms with van der Waals surface area (Å²) in [5.41, 5.74) is 0. The zero-order valence-electron chi connectivity index (χ0n) is 11.4. The summed E-state index contributed by atoms with van der Waals surface area (Å²) in [6, 6.07) is 0. The molecular weight excluding hydrogens is 240 g/mol. The minimum absolute atomic E-state index is 0.404. The molecule has 2 rings (SSSR count). The molecule has 2 saturated heterocycles. The largest absolute Gasteiger partial charge is 0.299 e. The van der Waals surface area contributed by atoms with Crippen molar-refractivity contribution in [2.75, 3.05) is 0 Å². The molecule has 2 aliphatic rings. The molecule has 0 N–H and O–H groups in total. The van der Waals surface area contributed by atoms with Gasteiger partial charge in [-0.1, -0.05) is 18.9 Å². The van der Waals surface area contributed by atoms with Crippen LogP contribution in [0.4, 0.5) is 0 Å². The van der Waals surface area contributed by atoms with Gasteiger partial charge in [-0.05, 0) is 44.9 Å². The summed E-state index contributed by atoms with van der Waals surface area (Å²) in [5.74, 6) is 0.965. The Morgan fingerprint density at radius 1 is 1.17 bits per heavy atom. The number of carbonyl (C=O) groups excluding carboxylic acids is 1. The van der Waals surface area contributed by atoms with Crippen LogP contribution in [0.3, 0.4) is 0 Å². The molecule has 0 spiro atoms. The summed E-state index contributed by atoms with van der Waals surface area (Å²) in [6.45, 7) is 3.73. The lowest BCUT2D eigenvalue weighted by Gasteiger charge is -2.38. The first-order valence-corrected chi connectivity index (χ1v) is 8.53.